The zero-order valence-corrected chi connectivity index (χ0v) is 10.5. The summed E-state index contributed by atoms with van der Waals surface area (Å²) in [4.78, 5) is 11.2. The first-order valence-corrected chi connectivity index (χ1v) is 4.64. The number of benzene rings is 1. The molecule has 0 aliphatic heterocycles. The van der Waals surface area contributed by atoms with E-state index in [9.17, 15) is 4.79 Å². The van der Waals surface area contributed by atoms with E-state index in [4.69, 9.17) is 22.1 Å². The minimum Gasteiger partial charge on any atom is -0.497 e. The molecule has 2 N–H and O–H groups in total. The van der Waals surface area contributed by atoms with E-state index < -0.39 is 12.0 Å². The lowest BCUT2D eigenvalue weighted by molar-refractivity contribution is -0.142. The first-order valence-electron chi connectivity index (χ1n) is 4.27. The number of carbonyl (C=O) groups is 1. The monoisotopic (exact) mass is 265 g/mol. The van der Waals surface area contributed by atoms with Gasteiger partial charge in [-0.15, -0.1) is 12.4 Å². The van der Waals surface area contributed by atoms with Gasteiger partial charge >= 0.3 is 5.97 Å². The SMILES string of the molecule is COC(=O)C(N)c1ccc(OC)cc1Cl.Cl. The van der Waals surface area contributed by atoms with Crippen LogP contribution >= 0.6 is 24.0 Å². The summed E-state index contributed by atoms with van der Waals surface area (Å²) < 4.78 is 9.50. The second kappa shape index (κ2) is 6.58. The molecule has 0 aromatic heterocycles. The van der Waals surface area contributed by atoms with Gasteiger partial charge in [0, 0.05) is 5.02 Å². The molecule has 0 saturated heterocycles. The van der Waals surface area contributed by atoms with E-state index >= 15 is 0 Å². The summed E-state index contributed by atoms with van der Waals surface area (Å²) in [5.74, 6) is 0.0860. The van der Waals surface area contributed by atoms with Gasteiger partial charge < -0.3 is 15.2 Å². The van der Waals surface area contributed by atoms with Gasteiger partial charge in [-0.2, -0.15) is 0 Å². The Hall–Kier alpha value is -0.970. The molecule has 0 bridgehead atoms. The Morgan fingerprint density at radius 2 is 2.06 bits per heavy atom. The van der Waals surface area contributed by atoms with E-state index in [0.29, 0.717) is 16.3 Å². The largest absolute Gasteiger partial charge is 0.497 e. The van der Waals surface area contributed by atoms with Crippen LogP contribution in [0.1, 0.15) is 11.6 Å². The molecular formula is C10H13Cl2NO3. The van der Waals surface area contributed by atoms with Crippen LogP contribution in [0.2, 0.25) is 5.02 Å². The van der Waals surface area contributed by atoms with Crippen molar-refractivity contribution in [2.75, 3.05) is 14.2 Å². The Bertz CT molecular complexity index is 371. The van der Waals surface area contributed by atoms with E-state index in [-0.39, 0.29) is 12.4 Å². The van der Waals surface area contributed by atoms with Gasteiger partial charge in [-0.3, -0.25) is 4.79 Å². The van der Waals surface area contributed by atoms with Crippen LogP contribution in [0, 0.1) is 0 Å². The van der Waals surface area contributed by atoms with Crippen molar-refractivity contribution in [3.63, 3.8) is 0 Å². The lowest BCUT2D eigenvalue weighted by atomic mass is 10.1. The highest BCUT2D eigenvalue weighted by Crippen LogP contribution is 2.26. The highest BCUT2D eigenvalue weighted by atomic mass is 35.5. The van der Waals surface area contributed by atoms with E-state index in [1.165, 1.54) is 14.2 Å². The molecule has 6 heteroatoms. The fraction of sp³-hybridized carbons (Fsp3) is 0.300. The molecule has 1 atom stereocenters. The summed E-state index contributed by atoms with van der Waals surface area (Å²) in [7, 11) is 2.81. The quantitative estimate of drug-likeness (QED) is 0.849. The fourth-order valence-electron chi connectivity index (χ4n) is 1.14. The van der Waals surface area contributed by atoms with Gasteiger partial charge in [0.1, 0.15) is 11.8 Å². The molecule has 0 aliphatic carbocycles. The topological polar surface area (TPSA) is 61.5 Å². The van der Waals surface area contributed by atoms with Crippen LogP contribution in [-0.2, 0) is 9.53 Å². The molecule has 1 rings (SSSR count). The van der Waals surface area contributed by atoms with Crippen molar-refractivity contribution in [2.45, 2.75) is 6.04 Å². The fourth-order valence-corrected chi connectivity index (χ4v) is 1.43. The highest BCUT2D eigenvalue weighted by molar-refractivity contribution is 6.31. The maximum Gasteiger partial charge on any atom is 0.327 e. The van der Waals surface area contributed by atoms with E-state index in [2.05, 4.69) is 4.74 Å². The third kappa shape index (κ3) is 3.27. The third-order valence-corrected chi connectivity index (χ3v) is 2.33. The van der Waals surface area contributed by atoms with Crippen molar-refractivity contribution in [3.8, 4) is 5.75 Å². The minimum atomic E-state index is -0.867. The van der Waals surface area contributed by atoms with Crippen LogP contribution in [0.15, 0.2) is 18.2 Å². The van der Waals surface area contributed by atoms with Gasteiger partial charge in [0.2, 0.25) is 0 Å². The smallest absolute Gasteiger partial charge is 0.327 e. The predicted octanol–water partition coefficient (Wildman–Crippen LogP) is 1.94. The third-order valence-electron chi connectivity index (χ3n) is 2.00. The Labute approximate surface area is 105 Å². The van der Waals surface area contributed by atoms with Crippen LogP contribution < -0.4 is 10.5 Å². The molecule has 0 amide bonds. The minimum absolute atomic E-state index is 0. The summed E-state index contributed by atoms with van der Waals surface area (Å²) in [6, 6.07) is 4.06. The molecule has 0 fully saturated rings. The molecular weight excluding hydrogens is 253 g/mol. The van der Waals surface area contributed by atoms with Crippen LogP contribution in [0.5, 0.6) is 5.75 Å². The normalized spacial score (nSPS) is 11.2. The zero-order chi connectivity index (χ0) is 11.4. The van der Waals surface area contributed by atoms with Crippen molar-refractivity contribution in [2.24, 2.45) is 5.73 Å². The van der Waals surface area contributed by atoms with Crippen LogP contribution in [-0.4, -0.2) is 20.2 Å². The lowest BCUT2D eigenvalue weighted by Gasteiger charge is -2.12. The molecule has 4 nitrogen and oxygen atoms in total. The van der Waals surface area contributed by atoms with E-state index in [1.807, 2.05) is 0 Å². The van der Waals surface area contributed by atoms with Crippen molar-refractivity contribution in [1.29, 1.82) is 0 Å². The first-order chi connectivity index (χ1) is 7.10. The molecule has 1 unspecified atom stereocenters. The van der Waals surface area contributed by atoms with Crippen molar-refractivity contribution in [3.05, 3.63) is 28.8 Å². The van der Waals surface area contributed by atoms with Gasteiger partial charge in [-0.25, -0.2) is 0 Å². The van der Waals surface area contributed by atoms with Crippen LogP contribution in [0.25, 0.3) is 0 Å². The number of nitrogens with two attached hydrogens (primary N) is 1. The number of hydrogen-bond donors (Lipinski definition) is 1. The molecule has 0 aliphatic rings. The summed E-state index contributed by atoms with van der Waals surface area (Å²) in [6.07, 6.45) is 0. The average Bonchev–Trinajstić information content (AvgIpc) is 2.26. The molecule has 1 aromatic rings. The van der Waals surface area contributed by atoms with Gasteiger partial charge in [0.25, 0.3) is 0 Å². The molecule has 0 heterocycles. The number of hydrogen-bond acceptors (Lipinski definition) is 4. The van der Waals surface area contributed by atoms with Gasteiger partial charge in [-0.05, 0) is 17.7 Å². The Morgan fingerprint density at radius 3 is 2.50 bits per heavy atom. The number of methoxy groups -OCH3 is 2. The second-order valence-corrected chi connectivity index (χ2v) is 3.30. The number of ether oxygens (including phenoxy) is 2. The Kier molecular flexibility index (Phi) is 6.18. The number of rotatable bonds is 3. The molecule has 0 saturated carbocycles. The maximum absolute atomic E-state index is 11.2. The number of halogens is 2. The number of carbonyl (C=O) groups excluding carboxylic acids is 1. The molecule has 0 spiro atoms. The lowest BCUT2D eigenvalue weighted by Crippen LogP contribution is -2.22. The van der Waals surface area contributed by atoms with Crippen molar-refractivity contribution >= 4 is 30.0 Å². The van der Waals surface area contributed by atoms with Gasteiger partial charge in [-0.1, -0.05) is 17.7 Å². The van der Waals surface area contributed by atoms with Crippen molar-refractivity contribution < 1.29 is 14.3 Å². The summed E-state index contributed by atoms with van der Waals surface area (Å²) in [5.41, 5.74) is 6.16. The average molecular weight is 266 g/mol. The summed E-state index contributed by atoms with van der Waals surface area (Å²) in [6.45, 7) is 0. The predicted molar refractivity (Wildman–Crippen MR) is 64.2 cm³/mol. The Morgan fingerprint density at radius 1 is 1.44 bits per heavy atom. The maximum atomic E-state index is 11.2. The highest BCUT2D eigenvalue weighted by Gasteiger charge is 2.19. The molecule has 0 radical (unpaired) electrons. The van der Waals surface area contributed by atoms with Crippen molar-refractivity contribution in [1.82, 2.24) is 0 Å². The van der Waals surface area contributed by atoms with Gasteiger partial charge in [0.05, 0.1) is 14.2 Å². The number of esters is 1. The standard InChI is InChI=1S/C10H12ClNO3.ClH/c1-14-6-3-4-7(8(11)5-6)9(12)10(13)15-2;/h3-5,9H,12H2,1-2H3;1H. The van der Waals surface area contributed by atoms with Crippen LogP contribution in [0.3, 0.4) is 0 Å². The molecule has 90 valence electrons. The van der Waals surface area contributed by atoms with E-state index in [0.717, 1.165) is 0 Å². The Balaban J connectivity index is 0.00000225. The molecule has 16 heavy (non-hydrogen) atoms. The van der Waals surface area contributed by atoms with Crippen LogP contribution in [0.4, 0.5) is 0 Å². The first kappa shape index (κ1) is 15.0. The van der Waals surface area contributed by atoms with Gasteiger partial charge in [0.15, 0.2) is 0 Å². The second-order valence-electron chi connectivity index (χ2n) is 2.89. The van der Waals surface area contributed by atoms with E-state index in [1.54, 1.807) is 18.2 Å². The summed E-state index contributed by atoms with van der Waals surface area (Å²) in [5, 5.41) is 0.382. The zero-order valence-electron chi connectivity index (χ0n) is 8.90. The molecule has 1 aromatic carbocycles. The summed E-state index contributed by atoms with van der Waals surface area (Å²) >= 11 is 5.94.